The zero-order chi connectivity index (χ0) is 35.1. The molecule has 0 spiro atoms. The third-order valence-electron chi connectivity index (χ3n) is 10.2. The fourth-order valence-corrected chi connectivity index (χ4v) is 7.49. The Morgan fingerprint density at radius 2 is 0.868 bits per heavy atom. The van der Waals surface area contributed by atoms with Crippen molar-refractivity contribution >= 4 is 44.4 Å². The molecule has 0 unspecified atom stereocenters. The summed E-state index contributed by atoms with van der Waals surface area (Å²) in [7, 11) is 0. The van der Waals surface area contributed by atoms with Crippen molar-refractivity contribution < 1.29 is 4.42 Å². The molecule has 1 aliphatic heterocycles. The molecular formula is C49H33N3O. The summed E-state index contributed by atoms with van der Waals surface area (Å²) in [5.41, 5.74) is 11.6. The largest absolute Gasteiger partial charge is 0.456 e. The molecule has 0 aliphatic carbocycles. The van der Waals surface area contributed by atoms with Crippen LogP contribution in [0, 0.1) is 0 Å². The van der Waals surface area contributed by atoms with Crippen LogP contribution in [0.2, 0.25) is 0 Å². The Hall–Kier alpha value is -7.04. The molecule has 8 aromatic carbocycles. The maximum atomic E-state index is 6.55. The number of rotatable bonds is 6. The van der Waals surface area contributed by atoms with Gasteiger partial charge >= 0.3 is 0 Å². The van der Waals surface area contributed by atoms with Crippen molar-refractivity contribution in [1.29, 1.82) is 0 Å². The molecule has 0 saturated heterocycles. The van der Waals surface area contributed by atoms with Gasteiger partial charge in [-0.25, -0.2) is 9.98 Å². The van der Waals surface area contributed by atoms with Crippen molar-refractivity contribution in [2.75, 3.05) is 0 Å². The topological polar surface area (TPSA) is 49.9 Å². The number of benzene rings is 8. The molecule has 10 rings (SSSR count). The predicted octanol–water partition coefficient (Wildman–Crippen LogP) is 12.2. The van der Waals surface area contributed by atoms with Crippen LogP contribution in [0.3, 0.4) is 0 Å². The Balaban J connectivity index is 1.13. The summed E-state index contributed by atoms with van der Waals surface area (Å²) < 4.78 is 6.55. The van der Waals surface area contributed by atoms with Crippen LogP contribution in [0.5, 0.6) is 0 Å². The first kappa shape index (κ1) is 30.8. The highest BCUT2D eigenvalue weighted by molar-refractivity contribution is 6.17. The summed E-state index contributed by atoms with van der Waals surface area (Å²) in [5, 5.41) is 8.13. The lowest BCUT2D eigenvalue weighted by molar-refractivity contribution is 0.667. The summed E-state index contributed by atoms with van der Waals surface area (Å²) >= 11 is 0. The van der Waals surface area contributed by atoms with Crippen LogP contribution in [0.4, 0.5) is 0 Å². The molecule has 4 heteroatoms. The van der Waals surface area contributed by atoms with E-state index in [4.69, 9.17) is 14.4 Å². The highest BCUT2D eigenvalue weighted by atomic mass is 16.3. The van der Waals surface area contributed by atoms with E-state index in [2.05, 4.69) is 169 Å². The van der Waals surface area contributed by atoms with Crippen molar-refractivity contribution in [2.24, 2.45) is 9.98 Å². The van der Waals surface area contributed by atoms with Gasteiger partial charge in [-0.15, -0.1) is 0 Å². The summed E-state index contributed by atoms with van der Waals surface area (Å²) in [6, 6.07) is 65.8. The number of amidine groups is 2. The van der Waals surface area contributed by atoms with Gasteiger partial charge in [0.05, 0.1) is 0 Å². The lowest BCUT2D eigenvalue weighted by Crippen LogP contribution is -2.36. The summed E-state index contributed by atoms with van der Waals surface area (Å²) in [6.45, 7) is 0. The maximum Gasteiger partial charge on any atom is 0.170 e. The van der Waals surface area contributed by atoms with Crippen molar-refractivity contribution in [3.63, 3.8) is 0 Å². The molecule has 1 aromatic heterocycles. The summed E-state index contributed by atoms with van der Waals surface area (Å²) in [5.74, 6) is 1.54. The summed E-state index contributed by atoms with van der Waals surface area (Å²) in [4.78, 5) is 10.6. The standard InChI is InChI=1S/C49H33N3O/c1-3-11-32(12-4-1)35-21-26-37(27-22-35)47-50-48(38-28-23-36(24-29-38)33-13-5-2-6-14-33)52-49(51-47)42-18-10-20-44-46(42)45-41(17-9-19-43(45)53-44)40-30-25-34-15-7-8-16-39(34)31-40/h1-31,49H,(H,50,51,52). The third-order valence-corrected chi connectivity index (χ3v) is 10.2. The van der Waals surface area contributed by atoms with E-state index in [9.17, 15) is 0 Å². The normalized spacial score (nSPS) is 13.2. The number of hydrogen-bond acceptors (Lipinski definition) is 4. The van der Waals surface area contributed by atoms with E-state index in [1.807, 2.05) is 24.3 Å². The Bertz CT molecular complexity index is 2740. The van der Waals surface area contributed by atoms with E-state index in [0.717, 1.165) is 72.6 Å². The van der Waals surface area contributed by atoms with Crippen LogP contribution in [0.15, 0.2) is 202 Å². The number of aliphatic imine (C=N–C) groups is 2. The minimum Gasteiger partial charge on any atom is -0.456 e. The Kier molecular flexibility index (Phi) is 7.51. The van der Waals surface area contributed by atoms with Gasteiger partial charge < -0.3 is 9.73 Å². The van der Waals surface area contributed by atoms with Crippen LogP contribution >= 0.6 is 0 Å². The van der Waals surface area contributed by atoms with Gasteiger partial charge in [-0.3, -0.25) is 0 Å². The predicted molar refractivity (Wildman–Crippen MR) is 219 cm³/mol. The smallest absolute Gasteiger partial charge is 0.170 e. The molecule has 0 fully saturated rings. The second-order valence-electron chi connectivity index (χ2n) is 13.4. The highest BCUT2D eigenvalue weighted by Crippen LogP contribution is 2.42. The third kappa shape index (κ3) is 5.67. The van der Waals surface area contributed by atoms with Gasteiger partial charge in [-0.1, -0.05) is 170 Å². The molecule has 0 atom stereocenters. The van der Waals surface area contributed by atoms with E-state index in [0.29, 0.717) is 0 Å². The molecule has 2 heterocycles. The minimum atomic E-state index is -0.516. The lowest BCUT2D eigenvalue weighted by Gasteiger charge is -2.23. The SMILES string of the molecule is c1ccc(-c2ccc(C3=NC(c4cccc5oc6cccc(-c7ccc8ccccc8c7)c6c45)N=C(c4ccc(-c5ccccc5)cc4)N3)cc2)cc1. The fraction of sp³-hybridized carbons (Fsp3) is 0.0204. The van der Waals surface area contributed by atoms with Crippen LogP contribution in [0.25, 0.3) is 66.1 Å². The van der Waals surface area contributed by atoms with Gasteiger partial charge in [0.15, 0.2) is 6.17 Å². The van der Waals surface area contributed by atoms with Crippen molar-refractivity contribution in [1.82, 2.24) is 5.32 Å². The van der Waals surface area contributed by atoms with E-state index in [1.54, 1.807) is 0 Å². The Morgan fingerprint density at radius 3 is 1.49 bits per heavy atom. The van der Waals surface area contributed by atoms with Crippen LogP contribution < -0.4 is 5.32 Å². The number of nitrogens with zero attached hydrogens (tertiary/aromatic N) is 2. The molecular weight excluding hydrogens is 647 g/mol. The molecule has 4 nitrogen and oxygen atoms in total. The minimum absolute atomic E-state index is 0.516. The fourth-order valence-electron chi connectivity index (χ4n) is 7.49. The zero-order valence-electron chi connectivity index (χ0n) is 28.8. The number of nitrogens with one attached hydrogen (secondary N) is 1. The van der Waals surface area contributed by atoms with E-state index in [1.165, 1.54) is 21.9 Å². The number of furan rings is 1. The van der Waals surface area contributed by atoms with E-state index in [-0.39, 0.29) is 0 Å². The average Bonchev–Trinajstić information content (AvgIpc) is 3.63. The van der Waals surface area contributed by atoms with Crippen molar-refractivity contribution in [2.45, 2.75) is 6.17 Å². The van der Waals surface area contributed by atoms with Gasteiger partial charge in [0, 0.05) is 27.5 Å². The molecule has 53 heavy (non-hydrogen) atoms. The van der Waals surface area contributed by atoms with Gasteiger partial charge in [-0.2, -0.15) is 0 Å². The molecule has 0 amide bonds. The average molecular weight is 680 g/mol. The molecule has 1 aliphatic rings. The van der Waals surface area contributed by atoms with Crippen molar-refractivity contribution in [3.05, 3.63) is 205 Å². The lowest BCUT2D eigenvalue weighted by atomic mass is 9.95. The summed E-state index contributed by atoms with van der Waals surface area (Å²) in [6.07, 6.45) is -0.516. The van der Waals surface area contributed by atoms with Crippen LogP contribution in [-0.2, 0) is 0 Å². The van der Waals surface area contributed by atoms with Gasteiger partial charge in [-0.05, 0) is 62.4 Å². The first-order valence-electron chi connectivity index (χ1n) is 17.9. The highest BCUT2D eigenvalue weighted by Gasteiger charge is 2.25. The maximum absolute atomic E-state index is 6.55. The monoisotopic (exact) mass is 679 g/mol. The molecule has 250 valence electrons. The Morgan fingerprint density at radius 1 is 0.377 bits per heavy atom. The quantitative estimate of drug-likeness (QED) is 0.190. The molecule has 9 aromatic rings. The zero-order valence-corrected chi connectivity index (χ0v) is 28.8. The van der Waals surface area contributed by atoms with E-state index >= 15 is 0 Å². The van der Waals surface area contributed by atoms with E-state index < -0.39 is 6.17 Å². The van der Waals surface area contributed by atoms with Crippen molar-refractivity contribution in [3.8, 4) is 33.4 Å². The Labute approximate surface area is 307 Å². The molecule has 0 saturated carbocycles. The molecule has 1 N–H and O–H groups in total. The van der Waals surface area contributed by atoms with Crippen LogP contribution in [0.1, 0.15) is 22.9 Å². The van der Waals surface area contributed by atoms with Gasteiger partial charge in [0.2, 0.25) is 0 Å². The first-order valence-corrected chi connectivity index (χ1v) is 17.9. The second-order valence-corrected chi connectivity index (χ2v) is 13.4. The number of hydrogen-bond donors (Lipinski definition) is 1. The van der Waals surface area contributed by atoms with Gasteiger partial charge in [0.25, 0.3) is 0 Å². The van der Waals surface area contributed by atoms with Gasteiger partial charge in [0.1, 0.15) is 22.8 Å². The molecule has 0 bridgehead atoms. The molecule has 0 radical (unpaired) electrons. The second kappa shape index (κ2) is 12.9. The number of fused-ring (bicyclic) bond motifs is 4. The van der Waals surface area contributed by atoms with Crippen LogP contribution in [-0.4, -0.2) is 11.7 Å². The first-order chi connectivity index (χ1) is 26.2.